The predicted molar refractivity (Wildman–Crippen MR) is 134 cm³/mol. The summed E-state index contributed by atoms with van der Waals surface area (Å²) in [7, 11) is 1.67. The third-order valence-corrected chi connectivity index (χ3v) is 7.48. The molecule has 0 amide bonds. The number of phenols is 1. The smallest absolute Gasteiger partial charge is 0.271 e. The van der Waals surface area contributed by atoms with E-state index in [1.807, 2.05) is 41.0 Å². The number of phenolic OH excluding ortho intramolecular Hbond substituents is 1. The maximum atomic E-state index is 13.8. The minimum absolute atomic E-state index is 0.0712. The fourth-order valence-corrected chi connectivity index (χ4v) is 5.91. The van der Waals surface area contributed by atoms with E-state index in [4.69, 9.17) is 9.73 Å². The maximum absolute atomic E-state index is 13.8. The van der Waals surface area contributed by atoms with Gasteiger partial charge in [-0.05, 0) is 53.8 Å². The molecular weight excluding hydrogens is 444 g/mol. The molecule has 1 aromatic heterocycles. The average molecular weight is 467 g/mol. The van der Waals surface area contributed by atoms with E-state index in [2.05, 4.69) is 18.2 Å². The van der Waals surface area contributed by atoms with Crippen LogP contribution in [0.3, 0.4) is 0 Å². The van der Waals surface area contributed by atoms with Crippen LogP contribution in [0, 0.1) is 0 Å². The highest BCUT2D eigenvalue weighted by Gasteiger charge is 2.33. The molecule has 4 aromatic rings. The number of fused-ring (bicyclic) bond motifs is 3. The quantitative estimate of drug-likeness (QED) is 0.496. The first-order valence-electron chi connectivity index (χ1n) is 11.2. The van der Waals surface area contributed by atoms with Crippen LogP contribution in [0.1, 0.15) is 34.7 Å². The standard InChI is InChI=1S/C28H22N2O3S/c1-33-23-9-5-4-8-21(23)26-22-15-12-18-6-2-3-7-20(18)25(22)29-28-30(26)27(32)24(34-28)16-17-10-13-19(31)14-11-17/h2-11,13-14,16,26,31H,12,15H2,1H3. The van der Waals surface area contributed by atoms with Gasteiger partial charge in [0.05, 0.1) is 23.4 Å². The highest BCUT2D eigenvalue weighted by Crippen LogP contribution is 2.43. The van der Waals surface area contributed by atoms with Crippen molar-refractivity contribution in [1.82, 2.24) is 4.57 Å². The van der Waals surface area contributed by atoms with Gasteiger partial charge < -0.3 is 9.84 Å². The van der Waals surface area contributed by atoms with Crippen LogP contribution in [0.4, 0.5) is 0 Å². The molecule has 0 bridgehead atoms. The Morgan fingerprint density at radius 3 is 2.62 bits per heavy atom. The first-order valence-corrected chi connectivity index (χ1v) is 12.0. The molecule has 1 aliphatic carbocycles. The molecule has 1 atom stereocenters. The Labute approximate surface area is 200 Å². The van der Waals surface area contributed by atoms with Gasteiger partial charge in [0.1, 0.15) is 11.5 Å². The number of ether oxygens (including phenoxy) is 1. The normalized spacial score (nSPS) is 17.0. The number of benzene rings is 3. The largest absolute Gasteiger partial charge is 0.508 e. The summed E-state index contributed by atoms with van der Waals surface area (Å²) >= 11 is 1.39. The molecule has 2 heterocycles. The molecule has 1 unspecified atom stereocenters. The molecule has 0 saturated carbocycles. The fraction of sp³-hybridized carbons (Fsp3) is 0.143. The van der Waals surface area contributed by atoms with Crippen molar-refractivity contribution in [1.29, 1.82) is 0 Å². The summed E-state index contributed by atoms with van der Waals surface area (Å²) in [5.74, 6) is 0.953. The number of rotatable bonds is 3. The lowest BCUT2D eigenvalue weighted by Gasteiger charge is -2.31. The monoisotopic (exact) mass is 466 g/mol. The van der Waals surface area contributed by atoms with Crippen molar-refractivity contribution in [2.75, 3.05) is 7.11 Å². The number of allylic oxidation sites excluding steroid dienone is 1. The van der Waals surface area contributed by atoms with Crippen LogP contribution in [0.2, 0.25) is 0 Å². The van der Waals surface area contributed by atoms with Crippen molar-refractivity contribution in [3.05, 3.63) is 120 Å². The van der Waals surface area contributed by atoms with Crippen molar-refractivity contribution in [2.45, 2.75) is 18.9 Å². The van der Waals surface area contributed by atoms with Crippen LogP contribution in [0.15, 0.2) is 88.2 Å². The number of methoxy groups -OCH3 is 1. The molecule has 34 heavy (non-hydrogen) atoms. The van der Waals surface area contributed by atoms with Gasteiger partial charge in [0, 0.05) is 11.1 Å². The number of aryl methyl sites for hydroxylation is 1. The van der Waals surface area contributed by atoms with Crippen molar-refractivity contribution in [3.8, 4) is 11.5 Å². The third-order valence-electron chi connectivity index (χ3n) is 6.50. The topological polar surface area (TPSA) is 63.8 Å². The Hall–Kier alpha value is -3.90. The van der Waals surface area contributed by atoms with Crippen molar-refractivity contribution < 1.29 is 9.84 Å². The Morgan fingerprint density at radius 2 is 1.79 bits per heavy atom. The zero-order valence-corrected chi connectivity index (χ0v) is 19.4. The molecular formula is C28H22N2O3S. The third kappa shape index (κ3) is 3.30. The van der Waals surface area contributed by atoms with E-state index >= 15 is 0 Å². The SMILES string of the molecule is COc1ccccc1C1C2=C(N=c3sc(=Cc4ccc(O)cc4)c(=O)n31)c1ccccc1CC2. The Balaban J connectivity index is 1.64. The molecule has 6 heteroatoms. The Morgan fingerprint density at radius 1 is 1.03 bits per heavy atom. The first kappa shape index (κ1) is 20.7. The minimum Gasteiger partial charge on any atom is -0.508 e. The number of hydrogen-bond donors (Lipinski definition) is 1. The van der Waals surface area contributed by atoms with Gasteiger partial charge in [0.25, 0.3) is 5.56 Å². The van der Waals surface area contributed by atoms with Crippen LogP contribution in [-0.2, 0) is 6.42 Å². The molecule has 3 aromatic carbocycles. The molecule has 0 fully saturated rings. The second-order valence-electron chi connectivity index (χ2n) is 8.45. The van der Waals surface area contributed by atoms with Crippen LogP contribution in [-0.4, -0.2) is 16.8 Å². The second-order valence-corrected chi connectivity index (χ2v) is 9.46. The summed E-state index contributed by atoms with van der Waals surface area (Å²) in [6, 6.07) is 22.9. The molecule has 6 rings (SSSR count). The number of aromatic nitrogens is 1. The molecule has 0 radical (unpaired) electrons. The van der Waals surface area contributed by atoms with E-state index in [0.717, 1.165) is 46.6 Å². The number of hydrogen-bond acceptors (Lipinski definition) is 5. The van der Waals surface area contributed by atoms with E-state index in [-0.39, 0.29) is 17.4 Å². The van der Waals surface area contributed by atoms with Crippen LogP contribution >= 0.6 is 11.3 Å². The van der Waals surface area contributed by atoms with Gasteiger partial charge in [0.15, 0.2) is 4.80 Å². The lowest BCUT2D eigenvalue weighted by Crippen LogP contribution is -2.38. The highest BCUT2D eigenvalue weighted by atomic mass is 32.1. The predicted octanol–water partition coefficient (Wildman–Crippen LogP) is 4.03. The Bertz CT molecular complexity index is 1630. The van der Waals surface area contributed by atoms with Gasteiger partial charge in [-0.25, -0.2) is 4.99 Å². The van der Waals surface area contributed by atoms with E-state index in [0.29, 0.717) is 9.33 Å². The molecule has 1 N–H and O–H groups in total. The minimum atomic E-state index is -0.280. The first-order chi connectivity index (χ1) is 16.6. The molecule has 168 valence electrons. The average Bonchev–Trinajstić information content (AvgIpc) is 3.18. The van der Waals surface area contributed by atoms with Crippen molar-refractivity contribution in [3.63, 3.8) is 0 Å². The Kier molecular flexibility index (Phi) is 4.96. The van der Waals surface area contributed by atoms with Crippen LogP contribution in [0.5, 0.6) is 11.5 Å². The van der Waals surface area contributed by atoms with Gasteiger partial charge in [-0.15, -0.1) is 0 Å². The lowest BCUT2D eigenvalue weighted by atomic mass is 9.83. The number of aromatic hydroxyl groups is 1. The summed E-state index contributed by atoms with van der Waals surface area (Å²) in [4.78, 5) is 19.5. The number of thiazole rings is 1. The molecule has 5 nitrogen and oxygen atoms in total. The highest BCUT2D eigenvalue weighted by molar-refractivity contribution is 7.07. The number of para-hydroxylation sites is 1. The zero-order valence-electron chi connectivity index (χ0n) is 18.6. The van der Waals surface area contributed by atoms with Gasteiger partial charge in [-0.1, -0.05) is 65.9 Å². The summed E-state index contributed by atoms with van der Waals surface area (Å²) < 4.78 is 8.15. The van der Waals surface area contributed by atoms with Crippen molar-refractivity contribution in [2.24, 2.45) is 4.99 Å². The van der Waals surface area contributed by atoms with E-state index < -0.39 is 0 Å². The van der Waals surface area contributed by atoms with Crippen molar-refractivity contribution >= 4 is 23.1 Å². The summed E-state index contributed by atoms with van der Waals surface area (Å²) in [5.41, 5.74) is 6.28. The lowest BCUT2D eigenvalue weighted by molar-refractivity contribution is 0.402. The fourth-order valence-electron chi connectivity index (χ4n) is 4.91. The van der Waals surface area contributed by atoms with E-state index in [9.17, 15) is 9.90 Å². The summed E-state index contributed by atoms with van der Waals surface area (Å²) in [5, 5.41) is 9.61. The molecule has 0 saturated heterocycles. The summed E-state index contributed by atoms with van der Waals surface area (Å²) in [6.45, 7) is 0. The maximum Gasteiger partial charge on any atom is 0.271 e. The zero-order chi connectivity index (χ0) is 23.2. The molecule has 1 aliphatic heterocycles. The van der Waals surface area contributed by atoms with Gasteiger partial charge >= 0.3 is 0 Å². The second kappa shape index (κ2) is 8.15. The van der Waals surface area contributed by atoms with Gasteiger partial charge in [-0.2, -0.15) is 0 Å². The van der Waals surface area contributed by atoms with Crippen LogP contribution < -0.4 is 19.6 Å². The molecule has 0 spiro atoms. The van der Waals surface area contributed by atoms with Crippen LogP contribution in [0.25, 0.3) is 11.8 Å². The summed E-state index contributed by atoms with van der Waals surface area (Å²) in [6.07, 6.45) is 3.60. The number of nitrogens with zero attached hydrogens (tertiary/aromatic N) is 2. The molecule has 2 aliphatic rings. The van der Waals surface area contributed by atoms with Gasteiger partial charge in [-0.3, -0.25) is 9.36 Å². The van der Waals surface area contributed by atoms with E-state index in [1.54, 1.807) is 31.4 Å². The van der Waals surface area contributed by atoms with Gasteiger partial charge in [0.2, 0.25) is 0 Å². The van der Waals surface area contributed by atoms with E-state index in [1.165, 1.54) is 16.9 Å².